The number of hydrogen-bond donors (Lipinski definition) is 3. The van der Waals surface area contributed by atoms with Crippen LogP contribution in [-0.2, 0) is 14.3 Å². The molecule has 0 aromatic heterocycles. The molecule has 3 atom stereocenters. The minimum absolute atomic E-state index is 0.0789. The summed E-state index contributed by atoms with van der Waals surface area (Å²) in [7, 11) is 0. The van der Waals surface area contributed by atoms with Gasteiger partial charge in [0.25, 0.3) is 0 Å². The maximum absolute atomic E-state index is 13.2. The Morgan fingerprint density at radius 1 is 0.467 bits per heavy atom. The van der Waals surface area contributed by atoms with Gasteiger partial charge in [0.2, 0.25) is 5.91 Å². The lowest BCUT2D eigenvalue weighted by molar-refractivity contribution is -0.151. The van der Waals surface area contributed by atoms with Crippen LogP contribution in [0.3, 0.4) is 0 Å². The van der Waals surface area contributed by atoms with Crippen LogP contribution in [0.5, 0.6) is 0 Å². The van der Waals surface area contributed by atoms with E-state index in [-0.39, 0.29) is 24.9 Å². The highest BCUT2D eigenvalue weighted by atomic mass is 16.5. The summed E-state index contributed by atoms with van der Waals surface area (Å²) in [4.78, 5) is 26.1. The molecule has 0 heterocycles. The average Bonchev–Trinajstić information content (AvgIpc) is 3.24. The minimum Gasteiger partial charge on any atom is -0.462 e. The Bertz CT molecular complexity index is 909. The maximum Gasteiger partial charge on any atom is 0.306 e. The third kappa shape index (κ3) is 43.3. The Balaban J connectivity index is 4.51. The van der Waals surface area contributed by atoms with Gasteiger partial charge in [0.15, 0.2) is 0 Å². The van der Waals surface area contributed by atoms with E-state index in [4.69, 9.17) is 4.74 Å². The standard InChI is InChI=1S/C54H105NO5/c1-4-7-10-13-16-19-22-25-26-29-31-34-37-40-43-46-52(57)51(49-56)55-53(58)48-50(45-42-39-36-33-30-27-23-20-17-14-11-8-5-2)60-54(59)47-44-41-38-35-32-28-24-21-18-15-12-9-6-3/h20,23,50-52,56-57H,4-19,21-22,24-49H2,1-3H3,(H,55,58)/b23-20-. The van der Waals surface area contributed by atoms with Crippen LogP contribution < -0.4 is 5.32 Å². The second-order valence-electron chi connectivity index (χ2n) is 18.6. The molecule has 3 N–H and O–H groups in total. The molecule has 0 fully saturated rings. The van der Waals surface area contributed by atoms with Gasteiger partial charge in [-0.3, -0.25) is 9.59 Å². The number of unbranched alkanes of at least 4 members (excludes halogenated alkanes) is 35. The van der Waals surface area contributed by atoms with Gasteiger partial charge in [0.1, 0.15) is 6.10 Å². The van der Waals surface area contributed by atoms with Crippen LogP contribution in [0.2, 0.25) is 0 Å². The fraction of sp³-hybridized carbons (Fsp3) is 0.926. The van der Waals surface area contributed by atoms with E-state index in [1.54, 1.807) is 0 Å². The maximum atomic E-state index is 13.2. The first-order valence-corrected chi connectivity index (χ1v) is 26.9. The van der Waals surface area contributed by atoms with E-state index in [2.05, 4.69) is 38.2 Å². The van der Waals surface area contributed by atoms with Gasteiger partial charge in [-0.05, 0) is 51.4 Å². The summed E-state index contributed by atoms with van der Waals surface area (Å²) >= 11 is 0. The molecular formula is C54H105NO5. The number of amides is 1. The highest BCUT2D eigenvalue weighted by Gasteiger charge is 2.24. The normalized spacial score (nSPS) is 13.2. The summed E-state index contributed by atoms with van der Waals surface area (Å²) in [6, 6.07) is -0.698. The summed E-state index contributed by atoms with van der Waals surface area (Å²) < 4.78 is 5.94. The zero-order valence-corrected chi connectivity index (χ0v) is 40.6. The van der Waals surface area contributed by atoms with Crippen molar-refractivity contribution in [3.05, 3.63) is 12.2 Å². The molecule has 0 aromatic rings. The summed E-state index contributed by atoms with van der Waals surface area (Å²) in [5, 5.41) is 23.8. The van der Waals surface area contributed by atoms with Crippen molar-refractivity contribution in [1.82, 2.24) is 5.32 Å². The number of aliphatic hydroxyl groups excluding tert-OH is 2. The van der Waals surface area contributed by atoms with Gasteiger partial charge in [-0.2, -0.15) is 0 Å². The van der Waals surface area contributed by atoms with Crippen LogP contribution in [0.15, 0.2) is 12.2 Å². The molecule has 0 aliphatic carbocycles. The van der Waals surface area contributed by atoms with Crippen molar-refractivity contribution in [3.8, 4) is 0 Å². The topological polar surface area (TPSA) is 95.9 Å². The SMILES string of the molecule is CCCCCC/C=C\CCCCCCCC(CC(=O)NC(CO)C(O)CCCCCCCCCCCCCCCCC)OC(=O)CCCCCCCCCCCCCCC. The van der Waals surface area contributed by atoms with Crippen LogP contribution in [-0.4, -0.2) is 46.9 Å². The van der Waals surface area contributed by atoms with Gasteiger partial charge in [-0.25, -0.2) is 0 Å². The number of carbonyl (C=O) groups is 2. The predicted molar refractivity (Wildman–Crippen MR) is 260 cm³/mol. The van der Waals surface area contributed by atoms with Crippen LogP contribution in [0, 0.1) is 0 Å². The summed E-state index contributed by atoms with van der Waals surface area (Å²) in [6.45, 7) is 6.50. The van der Waals surface area contributed by atoms with Crippen molar-refractivity contribution in [3.63, 3.8) is 0 Å². The Kier molecular flexibility index (Phi) is 47.5. The molecule has 3 unspecified atom stereocenters. The van der Waals surface area contributed by atoms with Crippen LogP contribution in [0.1, 0.15) is 297 Å². The van der Waals surface area contributed by atoms with Gasteiger partial charge in [0, 0.05) is 6.42 Å². The highest BCUT2D eigenvalue weighted by molar-refractivity contribution is 5.77. The lowest BCUT2D eigenvalue weighted by Crippen LogP contribution is -2.46. The zero-order valence-electron chi connectivity index (χ0n) is 40.6. The lowest BCUT2D eigenvalue weighted by atomic mass is 10.0. The number of allylic oxidation sites excluding steroid dienone is 2. The van der Waals surface area contributed by atoms with Crippen molar-refractivity contribution in [2.24, 2.45) is 0 Å². The molecule has 0 bridgehead atoms. The first-order valence-electron chi connectivity index (χ1n) is 26.9. The smallest absolute Gasteiger partial charge is 0.306 e. The Hall–Kier alpha value is -1.40. The van der Waals surface area contributed by atoms with Crippen LogP contribution in [0.4, 0.5) is 0 Å². The molecule has 0 saturated carbocycles. The number of ether oxygens (including phenoxy) is 1. The van der Waals surface area contributed by atoms with Gasteiger partial charge >= 0.3 is 5.97 Å². The average molecular weight is 848 g/mol. The molecule has 0 rings (SSSR count). The molecule has 0 aromatic carbocycles. The van der Waals surface area contributed by atoms with E-state index in [1.807, 2.05) is 0 Å². The Labute approximate surface area is 374 Å². The molecule has 0 aliphatic rings. The van der Waals surface area contributed by atoms with Gasteiger partial charge in [0.05, 0.1) is 25.2 Å². The predicted octanol–water partition coefficient (Wildman–Crippen LogP) is 16.1. The number of aliphatic hydroxyl groups is 2. The van der Waals surface area contributed by atoms with E-state index in [1.165, 1.54) is 193 Å². The van der Waals surface area contributed by atoms with E-state index >= 15 is 0 Å². The fourth-order valence-corrected chi connectivity index (χ4v) is 8.49. The number of nitrogens with one attached hydrogen (secondary N) is 1. The summed E-state index contributed by atoms with van der Waals surface area (Å²) in [6.07, 6.45) is 54.1. The third-order valence-corrected chi connectivity index (χ3v) is 12.6. The largest absolute Gasteiger partial charge is 0.462 e. The second kappa shape index (κ2) is 48.6. The van der Waals surface area contributed by atoms with Crippen LogP contribution >= 0.6 is 0 Å². The van der Waals surface area contributed by atoms with Crippen LogP contribution in [0.25, 0.3) is 0 Å². The van der Waals surface area contributed by atoms with Gasteiger partial charge < -0.3 is 20.3 Å². The van der Waals surface area contributed by atoms with Gasteiger partial charge in [-0.1, -0.05) is 245 Å². The zero-order chi connectivity index (χ0) is 43.8. The molecule has 0 spiro atoms. The molecule has 0 radical (unpaired) electrons. The number of esters is 1. The molecule has 0 saturated heterocycles. The Morgan fingerprint density at radius 2 is 0.800 bits per heavy atom. The monoisotopic (exact) mass is 848 g/mol. The van der Waals surface area contributed by atoms with Crippen molar-refractivity contribution in [2.45, 2.75) is 315 Å². The highest BCUT2D eigenvalue weighted by Crippen LogP contribution is 2.18. The first kappa shape index (κ1) is 58.6. The third-order valence-electron chi connectivity index (χ3n) is 12.6. The number of carbonyl (C=O) groups excluding carboxylic acids is 2. The molecular weight excluding hydrogens is 743 g/mol. The minimum atomic E-state index is -0.784. The van der Waals surface area contributed by atoms with E-state index in [0.717, 1.165) is 57.8 Å². The lowest BCUT2D eigenvalue weighted by Gasteiger charge is -2.24. The summed E-state index contributed by atoms with van der Waals surface area (Å²) in [5.74, 6) is -0.464. The first-order chi connectivity index (χ1) is 29.5. The second-order valence-corrected chi connectivity index (χ2v) is 18.6. The van der Waals surface area contributed by atoms with Crippen molar-refractivity contribution in [2.75, 3.05) is 6.61 Å². The number of hydrogen-bond acceptors (Lipinski definition) is 5. The Morgan fingerprint density at radius 3 is 1.20 bits per heavy atom. The fourth-order valence-electron chi connectivity index (χ4n) is 8.49. The van der Waals surface area contributed by atoms with Gasteiger partial charge in [-0.15, -0.1) is 0 Å². The molecule has 1 amide bonds. The quantitative estimate of drug-likeness (QED) is 0.0322. The molecule has 0 aliphatic heterocycles. The molecule has 356 valence electrons. The van der Waals surface area contributed by atoms with E-state index < -0.39 is 18.2 Å². The molecule has 6 heteroatoms. The number of rotatable bonds is 49. The molecule has 60 heavy (non-hydrogen) atoms. The van der Waals surface area contributed by atoms with E-state index in [9.17, 15) is 19.8 Å². The van der Waals surface area contributed by atoms with Crippen molar-refractivity contribution < 1.29 is 24.5 Å². The molecule has 6 nitrogen and oxygen atoms in total. The van der Waals surface area contributed by atoms with E-state index in [0.29, 0.717) is 19.3 Å². The summed E-state index contributed by atoms with van der Waals surface area (Å²) in [5.41, 5.74) is 0. The van der Waals surface area contributed by atoms with Crippen molar-refractivity contribution in [1.29, 1.82) is 0 Å². The van der Waals surface area contributed by atoms with Crippen molar-refractivity contribution >= 4 is 11.9 Å².